The van der Waals surface area contributed by atoms with Crippen LogP contribution in [0.5, 0.6) is 0 Å². The van der Waals surface area contributed by atoms with Crippen LogP contribution in [0.25, 0.3) is 20.8 Å². The van der Waals surface area contributed by atoms with Crippen molar-refractivity contribution in [3.05, 3.63) is 68.5 Å². The lowest BCUT2D eigenvalue weighted by Crippen LogP contribution is -2.29. The predicted molar refractivity (Wildman–Crippen MR) is 139 cm³/mol. The molecule has 0 aliphatic carbocycles. The number of likely N-dealkylation sites (N-methyl/N-ethyl adjacent to an activating group) is 1. The van der Waals surface area contributed by atoms with E-state index in [2.05, 4.69) is 23.2 Å². The number of thiazole rings is 1. The zero-order chi connectivity index (χ0) is 21.5. The third kappa shape index (κ3) is 4.40. The Morgan fingerprint density at radius 2 is 2.00 bits per heavy atom. The van der Waals surface area contributed by atoms with Crippen molar-refractivity contribution in [2.45, 2.75) is 19.9 Å². The maximum Gasteiger partial charge on any atom is 0.257 e. The predicted octanol–water partition coefficient (Wildman–Crippen LogP) is 7.38. The van der Waals surface area contributed by atoms with Crippen LogP contribution >= 0.6 is 58.3 Å². The summed E-state index contributed by atoms with van der Waals surface area (Å²) in [5.41, 5.74) is 3.73. The molecule has 5 rings (SSSR count). The standard InChI is InChI=1S/C23H19Cl2N3OS2.ClH/c1-2-28-10-9-15-19(12-28)31-23(27-21(29)14-8-7-13(24)11-16(14)25)20(15)22-26-17-5-3-4-6-18(17)30-22;/h3-8,11H,2,9-10,12H2,1H3,(H,27,29);1H. The molecule has 1 aliphatic heterocycles. The number of nitrogens with one attached hydrogen (secondary N) is 1. The molecule has 0 fully saturated rings. The largest absolute Gasteiger partial charge is 0.313 e. The maximum absolute atomic E-state index is 13.1. The number of nitrogens with zero attached hydrogens (tertiary/aromatic N) is 2. The van der Waals surface area contributed by atoms with E-state index in [4.69, 9.17) is 28.2 Å². The monoisotopic (exact) mass is 523 g/mol. The molecule has 4 nitrogen and oxygen atoms in total. The summed E-state index contributed by atoms with van der Waals surface area (Å²) < 4.78 is 1.14. The zero-order valence-corrected chi connectivity index (χ0v) is 21.1. The van der Waals surface area contributed by atoms with Gasteiger partial charge in [0.05, 0.1) is 20.8 Å². The van der Waals surface area contributed by atoms with Gasteiger partial charge in [-0.3, -0.25) is 9.69 Å². The normalized spacial score (nSPS) is 13.6. The molecule has 0 unspecified atom stereocenters. The van der Waals surface area contributed by atoms with Gasteiger partial charge in [0.25, 0.3) is 5.91 Å². The number of anilines is 1. The van der Waals surface area contributed by atoms with Gasteiger partial charge in [-0.15, -0.1) is 35.1 Å². The lowest BCUT2D eigenvalue weighted by atomic mass is 10.0. The molecular formula is C23H20Cl3N3OS2. The fourth-order valence-electron chi connectivity index (χ4n) is 3.86. The molecule has 9 heteroatoms. The first-order valence-electron chi connectivity index (χ1n) is 10.0. The van der Waals surface area contributed by atoms with Crippen molar-refractivity contribution in [1.29, 1.82) is 0 Å². The molecule has 0 spiro atoms. The Bertz CT molecular complexity index is 1270. The van der Waals surface area contributed by atoms with Gasteiger partial charge in [-0.25, -0.2) is 4.98 Å². The summed E-state index contributed by atoms with van der Waals surface area (Å²) in [5, 5.41) is 5.74. The van der Waals surface area contributed by atoms with Gasteiger partial charge in [0, 0.05) is 28.6 Å². The minimum atomic E-state index is -0.241. The second-order valence-electron chi connectivity index (χ2n) is 7.39. The van der Waals surface area contributed by atoms with E-state index in [0.717, 1.165) is 51.8 Å². The van der Waals surface area contributed by atoms with Gasteiger partial charge in [-0.05, 0) is 48.9 Å². The number of para-hydroxylation sites is 1. The van der Waals surface area contributed by atoms with E-state index in [1.165, 1.54) is 10.4 Å². The molecule has 0 saturated carbocycles. The van der Waals surface area contributed by atoms with Crippen molar-refractivity contribution in [2.24, 2.45) is 0 Å². The van der Waals surface area contributed by atoms with Crippen molar-refractivity contribution >= 4 is 79.4 Å². The van der Waals surface area contributed by atoms with Crippen LogP contribution in [0.2, 0.25) is 10.0 Å². The number of carbonyl (C=O) groups is 1. The molecule has 1 N–H and O–H groups in total. The third-order valence-corrected chi connectivity index (χ3v) is 8.23. The first-order chi connectivity index (χ1) is 15.0. The first kappa shape index (κ1) is 23.5. The van der Waals surface area contributed by atoms with Crippen LogP contribution in [-0.2, 0) is 13.0 Å². The van der Waals surface area contributed by atoms with Crippen LogP contribution < -0.4 is 5.32 Å². The Labute approximate surface area is 210 Å². The van der Waals surface area contributed by atoms with Crippen molar-refractivity contribution in [2.75, 3.05) is 18.4 Å². The average Bonchev–Trinajstić information content (AvgIpc) is 3.33. The van der Waals surface area contributed by atoms with Crippen LogP contribution in [-0.4, -0.2) is 28.9 Å². The Morgan fingerprint density at radius 1 is 1.19 bits per heavy atom. The number of hydrogen-bond acceptors (Lipinski definition) is 5. The summed E-state index contributed by atoms with van der Waals surface area (Å²) in [5.74, 6) is -0.241. The van der Waals surface area contributed by atoms with E-state index in [1.807, 2.05) is 18.2 Å². The van der Waals surface area contributed by atoms with E-state index in [-0.39, 0.29) is 18.3 Å². The lowest BCUT2D eigenvalue weighted by molar-refractivity contribution is 0.102. The average molecular weight is 525 g/mol. The van der Waals surface area contributed by atoms with Crippen LogP contribution in [0.4, 0.5) is 5.00 Å². The number of amides is 1. The van der Waals surface area contributed by atoms with Crippen LogP contribution in [0.3, 0.4) is 0 Å². The molecule has 2 aromatic heterocycles. The lowest BCUT2D eigenvalue weighted by Gasteiger charge is -2.25. The molecule has 1 amide bonds. The van der Waals surface area contributed by atoms with Crippen molar-refractivity contribution in [1.82, 2.24) is 9.88 Å². The molecular weight excluding hydrogens is 505 g/mol. The van der Waals surface area contributed by atoms with E-state index in [9.17, 15) is 4.79 Å². The van der Waals surface area contributed by atoms with Crippen molar-refractivity contribution < 1.29 is 4.79 Å². The van der Waals surface area contributed by atoms with Gasteiger partial charge >= 0.3 is 0 Å². The summed E-state index contributed by atoms with van der Waals surface area (Å²) in [7, 11) is 0. The summed E-state index contributed by atoms with van der Waals surface area (Å²) >= 11 is 15.6. The second kappa shape index (κ2) is 9.67. The Hall–Kier alpha value is -1.67. The Morgan fingerprint density at radius 3 is 2.75 bits per heavy atom. The number of rotatable bonds is 4. The number of benzene rings is 2. The van der Waals surface area contributed by atoms with Gasteiger partial charge < -0.3 is 5.32 Å². The topological polar surface area (TPSA) is 45.2 Å². The minimum Gasteiger partial charge on any atom is -0.313 e. The number of fused-ring (bicyclic) bond motifs is 2. The highest BCUT2D eigenvalue weighted by Crippen LogP contribution is 2.45. The highest BCUT2D eigenvalue weighted by molar-refractivity contribution is 7.23. The highest BCUT2D eigenvalue weighted by Gasteiger charge is 2.27. The summed E-state index contributed by atoms with van der Waals surface area (Å²) in [6.45, 7) is 5.09. The van der Waals surface area contributed by atoms with Crippen molar-refractivity contribution in [3.8, 4) is 10.6 Å². The zero-order valence-electron chi connectivity index (χ0n) is 17.2. The van der Waals surface area contributed by atoms with Crippen LogP contribution in [0.15, 0.2) is 42.5 Å². The first-order valence-corrected chi connectivity index (χ1v) is 12.4. The van der Waals surface area contributed by atoms with Gasteiger partial charge in [0.1, 0.15) is 10.0 Å². The molecule has 0 atom stereocenters. The smallest absolute Gasteiger partial charge is 0.257 e. The second-order valence-corrected chi connectivity index (χ2v) is 10.4. The van der Waals surface area contributed by atoms with E-state index < -0.39 is 0 Å². The molecule has 2 aromatic carbocycles. The molecule has 1 aliphatic rings. The maximum atomic E-state index is 13.1. The van der Waals surface area contributed by atoms with Crippen LogP contribution in [0.1, 0.15) is 27.7 Å². The fourth-order valence-corrected chi connectivity index (χ4v) is 6.75. The SMILES string of the molecule is CCN1CCc2c(sc(NC(=O)c3ccc(Cl)cc3Cl)c2-c2nc3ccccc3s2)C1.Cl. The molecule has 32 heavy (non-hydrogen) atoms. The van der Waals surface area contributed by atoms with E-state index in [0.29, 0.717) is 15.6 Å². The molecule has 0 radical (unpaired) electrons. The summed E-state index contributed by atoms with van der Waals surface area (Å²) in [4.78, 5) is 21.7. The molecule has 0 bridgehead atoms. The quantitative estimate of drug-likeness (QED) is 0.303. The third-order valence-electron chi connectivity index (χ3n) is 5.49. The minimum absolute atomic E-state index is 0. The molecule has 3 heterocycles. The van der Waals surface area contributed by atoms with Crippen LogP contribution in [0, 0.1) is 0 Å². The molecule has 0 saturated heterocycles. The Kier molecular flexibility index (Phi) is 7.10. The van der Waals surface area contributed by atoms with E-state index in [1.54, 1.807) is 40.9 Å². The van der Waals surface area contributed by atoms with Crippen molar-refractivity contribution in [3.63, 3.8) is 0 Å². The summed E-state index contributed by atoms with van der Waals surface area (Å²) in [6.07, 6.45) is 0.947. The van der Waals surface area contributed by atoms with Gasteiger partial charge in [-0.1, -0.05) is 42.3 Å². The fraction of sp³-hybridized carbons (Fsp3) is 0.217. The Balaban J connectivity index is 0.00000245. The highest BCUT2D eigenvalue weighted by atomic mass is 35.5. The molecule has 166 valence electrons. The van der Waals surface area contributed by atoms with Gasteiger partial charge in [-0.2, -0.15) is 0 Å². The van der Waals surface area contributed by atoms with Gasteiger partial charge in [0.15, 0.2) is 0 Å². The number of carbonyl (C=O) groups excluding carboxylic acids is 1. The summed E-state index contributed by atoms with van der Waals surface area (Å²) in [6, 6.07) is 13.1. The molecule has 4 aromatic rings. The van der Waals surface area contributed by atoms with Gasteiger partial charge in [0.2, 0.25) is 0 Å². The van der Waals surface area contributed by atoms with E-state index >= 15 is 0 Å². The number of thiophene rings is 1. The number of hydrogen-bond donors (Lipinski definition) is 1. The number of aromatic nitrogens is 1. The number of halogens is 3.